The third-order valence-corrected chi connectivity index (χ3v) is 4.22. The summed E-state index contributed by atoms with van der Waals surface area (Å²) in [4.78, 5) is 36.2. The molecule has 0 saturated carbocycles. The number of carbonyl (C=O) groups excluding carboxylic acids is 2. The van der Waals surface area contributed by atoms with Crippen LogP contribution in [0.15, 0.2) is 18.2 Å². The number of nitro benzene ring substituents is 1. The Hall–Kier alpha value is -2.44. The van der Waals surface area contributed by atoms with Gasteiger partial charge >= 0.3 is 0 Å². The Balaban J connectivity index is 1.80. The molecule has 0 bridgehead atoms. The van der Waals surface area contributed by atoms with Gasteiger partial charge in [-0.25, -0.2) is 0 Å². The fraction of sp³-hybridized carbons (Fsp3) is 0.529. The molecule has 1 aliphatic heterocycles. The number of hydrogen-bond donors (Lipinski definition) is 1. The van der Waals surface area contributed by atoms with E-state index in [9.17, 15) is 19.7 Å². The number of likely N-dealkylation sites (tertiary alicyclic amines) is 1. The molecule has 7 heteroatoms. The van der Waals surface area contributed by atoms with Gasteiger partial charge in [-0.2, -0.15) is 0 Å². The lowest BCUT2D eigenvalue weighted by atomic mass is 10.1. The molecule has 1 aromatic carbocycles. The van der Waals surface area contributed by atoms with Crippen LogP contribution in [0.3, 0.4) is 0 Å². The summed E-state index contributed by atoms with van der Waals surface area (Å²) in [5, 5.41) is 13.6. The van der Waals surface area contributed by atoms with Gasteiger partial charge in [-0.15, -0.1) is 0 Å². The van der Waals surface area contributed by atoms with Crippen molar-refractivity contribution in [1.29, 1.82) is 0 Å². The highest BCUT2D eigenvalue weighted by molar-refractivity contribution is 5.94. The molecule has 0 radical (unpaired) electrons. The Morgan fingerprint density at radius 3 is 2.83 bits per heavy atom. The minimum atomic E-state index is -0.463. The van der Waals surface area contributed by atoms with Gasteiger partial charge < -0.3 is 10.2 Å². The van der Waals surface area contributed by atoms with E-state index in [1.165, 1.54) is 18.2 Å². The van der Waals surface area contributed by atoms with Gasteiger partial charge in [-0.05, 0) is 38.3 Å². The van der Waals surface area contributed by atoms with Crippen molar-refractivity contribution in [2.75, 3.05) is 19.6 Å². The van der Waals surface area contributed by atoms with Gasteiger partial charge in [0.05, 0.1) is 4.92 Å². The van der Waals surface area contributed by atoms with E-state index in [0.717, 1.165) is 25.8 Å². The van der Waals surface area contributed by atoms with Crippen molar-refractivity contribution in [3.05, 3.63) is 39.4 Å². The smallest absolute Gasteiger partial charge is 0.272 e. The van der Waals surface area contributed by atoms with Gasteiger partial charge in [-0.3, -0.25) is 19.7 Å². The third kappa shape index (κ3) is 4.78. The maximum absolute atomic E-state index is 12.1. The molecule has 0 spiro atoms. The number of aryl methyl sites for hydroxylation is 1. The lowest BCUT2D eigenvalue weighted by Gasteiger charge is -2.20. The zero-order valence-electron chi connectivity index (χ0n) is 13.9. The first-order valence-corrected chi connectivity index (χ1v) is 8.30. The topological polar surface area (TPSA) is 92.6 Å². The normalized spacial score (nSPS) is 15.0. The Kier molecular flexibility index (Phi) is 6.28. The second kappa shape index (κ2) is 8.42. The van der Waals surface area contributed by atoms with E-state index < -0.39 is 4.92 Å². The van der Waals surface area contributed by atoms with E-state index in [1.54, 1.807) is 6.92 Å². The second-order valence-electron chi connectivity index (χ2n) is 6.06. The molecule has 0 aliphatic carbocycles. The molecule has 2 amide bonds. The van der Waals surface area contributed by atoms with Crippen molar-refractivity contribution in [2.45, 2.75) is 39.0 Å². The van der Waals surface area contributed by atoms with Crippen LogP contribution in [-0.4, -0.2) is 41.3 Å². The molecule has 1 N–H and O–H groups in total. The van der Waals surface area contributed by atoms with Crippen LogP contribution >= 0.6 is 0 Å². The van der Waals surface area contributed by atoms with Gasteiger partial charge in [0.25, 0.3) is 11.6 Å². The molecule has 1 fully saturated rings. The molecule has 0 atom stereocenters. The maximum Gasteiger partial charge on any atom is 0.272 e. The van der Waals surface area contributed by atoms with Crippen molar-refractivity contribution in [3.63, 3.8) is 0 Å². The molecule has 1 saturated heterocycles. The van der Waals surface area contributed by atoms with Crippen LogP contribution in [-0.2, 0) is 4.79 Å². The first-order chi connectivity index (χ1) is 11.5. The van der Waals surface area contributed by atoms with Gasteiger partial charge in [-0.1, -0.05) is 6.42 Å². The van der Waals surface area contributed by atoms with Crippen LogP contribution in [0.1, 0.15) is 48.0 Å². The summed E-state index contributed by atoms with van der Waals surface area (Å²) >= 11 is 0. The van der Waals surface area contributed by atoms with Gasteiger partial charge in [0, 0.05) is 43.2 Å². The van der Waals surface area contributed by atoms with Crippen molar-refractivity contribution < 1.29 is 14.5 Å². The van der Waals surface area contributed by atoms with Crippen LogP contribution in [0.2, 0.25) is 0 Å². The quantitative estimate of drug-likeness (QED) is 0.491. The average Bonchev–Trinajstić information content (AvgIpc) is 2.75. The summed E-state index contributed by atoms with van der Waals surface area (Å²) < 4.78 is 0. The Morgan fingerprint density at radius 2 is 2.12 bits per heavy atom. The Bertz CT molecular complexity index is 630. The van der Waals surface area contributed by atoms with Crippen LogP contribution < -0.4 is 5.32 Å². The van der Waals surface area contributed by atoms with Crippen molar-refractivity contribution in [1.82, 2.24) is 10.2 Å². The van der Waals surface area contributed by atoms with E-state index in [1.807, 2.05) is 4.90 Å². The van der Waals surface area contributed by atoms with Crippen LogP contribution in [0.25, 0.3) is 0 Å². The van der Waals surface area contributed by atoms with Gasteiger partial charge in [0.15, 0.2) is 0 Å². The fourth-order valence-corrected chi connectivity index (χ4v) is 2.85. The van der Waals surface area contributed by atoms with Gasteiger partial charge in [0.2, 0.25) is 5.91 Å². The van der Waals surface area contributed by atoms with E-state index >= 15 is 0 Å². The number of carbonyl (C=O) groups is 2. The predicted octanol–water partition coefficient (Wildman–Crippen LogP) is 2.43. The number of benzene rings is 1. The minimum Gasteiger partial charge on any atom is -0.352 e. The standard InChI is InChI=1S/C17H23N3O4/c1-13-12-14(7-8-15(13)20(23)24)17(22)18-9-5-11-19-10-4-2-3-6-16(19)21/h7-8,12H,2-6,9-11H2,1H3,(H,18,22). The summed E-state index contributed by atoms with van der Waals surface area (Å²) in [6, 6.07) is 4.32. The van der Waals surface area contributed by atoms with Crippen molar-refractivity contribution >= 4 is 17.5 Å². The van der Waals surface area contributed by atoms with E-state index in [2.05, 4.69) is 5.32 Å². The molecule has 0 unspecified atom stereocenters. The predicted molar refractivity (Wildman–Crippen MR) is 89.8 cm³/mol. The number of nitrogens with zero attached hydrogens (tertiary/aromatic N) is 2. The van der Waals surface area contributed by atoms with Crippen molar-refractivity contribution in [2.24, 2.45) is 0 Å². The van der Waals surface area contributed by atoms with E-state index in [4.69, 9.17) is 0 Å². The van der Waals surface area contributed by atoms with E-state index in [0.29, 0.717) is 37.1 Å². The number of hydrogen-bond acceptors (Lipinski definition) is 4. The lowest BCUT2D eigenvalue weighted by molar-refractivity contribution is -0.385. The monoisotopic (exact) mass is 333 g/mol. The molecular weight excluding hydrogens is 310 g/mol. The first kappa shape index (κ1) is 17.9. The SMILES string of the molecule is Cc1cc(C(=O)NCCCN2CCCCCC2=O)ccc1[N+](=O)[O-]. The van der Waals surface area contributed by atoms with Crippen LogP contribution in [0, 0.1) is 17.0 Å². The fourth-order valence-electron chi connectivity index (χ4n) is 2.85. The largest absolute Gasteiger partial charge is 0.352 e. The zero-order chi connectivity index (χ0) is 17.5. The summed E-state index contributed by atoms with van der Waals surface area (Å²) in [6.07, 6.45) is 4.42. The zero-order valence-corrected chi connectivity index (χ0v) is 13.9. The van der Waals surface area contributed by atoms with Crippen LogP contribution in [0.5, 0.6) is 0 Å². The average molecular weight is 333 g/mol. The molecule has 7 nitrogen and oxygen atoms in total. The molecule has 1 aromatic rings. The highest BCUT2D eigenvalue weighted by atomic mass is 16.6. The summed E-state index contributed by atoms with van der Waals surface area (Å²) in [7, 11) is 0. The molecule has 2 rings (SSSR count). The number of amides is 2. The number of nitro groups is 1. The number of rotatable bonds is 6. The number of nitrogens with one attached hydrogen (secondary N) is 1. The maximum atomic E-state index is 12.1. The molecule has 130 valence electrons. The first-order valence-electron chi connectivity index (χ1n) is 8.30. The highest BCUT2D eigenvalue weighted by Gasteiger charge is 2.16. The van der Waals surface area contributed by atoms with Gasteiger partial charge in [0.1, 0.15) is 0 Å². The van der Waals surface area contributed by atoms with E-state index in [-0.39, 0.29) is 17.5 Å². The summed E-state index contributed by atoms with van der Waals surface area (Å²) in [5.41, 5.74) is 0.873. The molecule has 1 aliphatic rings. The lowest BCUT2D eigenvalue weighted by Crippen LogP contribution is -2.34. The van der Waals surface area contributed by atoms with Crippen LogP contribution in [0.4, 0.5) is 5.69 Å². The summed E-state index contributed by atoms with van der Waals surface area (Å²) in [6.45, 7) is 3.53. The highest BCUT2D eigenvalue weighted by Crippen LogP contribution is 2.18. The third-order valence-electron chi connectivity index (χ3n) is 4.22. The minimum absolute atomic E-state index is 0.00576. The Morgan fingerprint density at radius 1 is 1.33 bits per heavy atom. The second-order valence-corrected chi connectivity index (χ2v) is 6.06. The van der Waals surface area contributed by atoms with Crippen molar-refractivity contribution in [3.8, 4) is 0 Å². The molecular formula is C17H23N3O4. The summed E-state index contributed by atoms with van der Waals surface area (Å²) in [5.74, 6) is -0.0555. The molecule has 0 aromatic heterocycles. The molecule has 1 heterocycles. The molecule has 24 heavy (non-hydrogen) atoms. The Labute approximate surface area is 141 Å².